The Hall–Kier alpha value is -0.790. The second-order valence-electron chi connectivity index (χ2n) is 4.00. The minimum absolute atomic E-state index is 0.262. The number of rotatable bonds is 2. The summed E-state index contributed by atoms with van der Waals surface area (Å²) in [4.78, 5) is 0. The zero-order chi connectivity index (χ0) is 9.35. The first-order valence-corrected chi connectivity index (χ1v) is 4.48. The minimum Gasteiger partial charge on any atom is -0.273 e. The highest BCUT2D eigenvalue weighted by molar-refractivity contribution is 5.24. The average molecular weight is 166 g/mol. The van der Waals surface area contributed by atoms with Gasteiger partial charge in [0.25, 0.3) is 0 Å². The quantitative estimate of drug-likeness (QED) is 0.659. The molecule has 1 rings (SSSR count). The first kappa shape index (κ1) is 9.30. The summed E-state index contributed by atoms with van der Waals surface area (Å²) in [6.45, 7) is 8.86. The molecular formula is C10H18N2. The van der Waals surface area contributed by atoms with Gasteiger partial charge in [-0.25, -0.2) is 0 Å². The smallest absolute Gasteiger partial charge is 0.0529 e. The molecule has 0 N–H and O–H groups in total. The van der Waals surface area contributed by atoms with Crippen LogP contribution >= 0.6 is 0 Å². The van der Waals surface area contributed by atoms with E-state index in [0.717, 1.165) is 6.42 Å². The van der Waals surface area contributed by atoms with Gasteiger partial charge in [-0.3, -0.25) is 4.68 Å². The van der Waals surface area contributed by atoms with Gasteiger partial charge in [-0.05, 0) is 24.3 Å². The fourth-order valence-electron chi connectivity index (χ4n) is 1.35. The van der Waals surface area contributed by atoms with Crippen molar-refractivity contribution in [1.82, 2.24) is 9.78 Å². The van der Waals surface area contributed by atoms with Crippen LogP contribution in [0, 0.1) is 6.92 Å². The lowest BCUT2D eigenvalue weighted by atomic mass is 9.83. The molecule has 0 bridgehead atoms. The van der Waals surface area contributed by atoms with Crippen LogP contribution in [0.25, 0.3) is 0 Å². The fraction of sp³-hybridized carbons (Fsp3) is 0.700. The fourth-order valence-corrected chi connectivity index (χ4v) is 1.35. The van der Waals surface area contributed by atoms with E-state index in [4.69, 9.17) is 0 Å². The Bertz CT molecular complexity index is 271. The van der Waals surface area contributed by atoms with Gasteiger partial charge in [-0.1, -0.05) is 20.8 Å². The summed E-state index contributed by atoms with van der Waals surface area (Å²) in [7, 11) is 1.99. The third-order valence-corrected chi connectivity index (χ3v) is 2.85. The lowest BCUT2D eigenvalue weighted by molar-refractivity contribution is 0.502. The third kappa shape index (κ3) is 1.38. The first-order valence-electron chi connectivity index (χ1n) is 4.48. The van der Waals surface area contributed by atoms with E-state index in [0.29, 0.717) is 0 Å². The van der Waals surface area contributed by atoms with Crippen LogP contribution in [0.2, 0.25) is 0 Å². The van der Waals surface area contributed by atoms with Crippen LogP contribution < -0.4 is 0 Å². The van der Waals surface area contributed by atoms with E-state index < -0.39 is 0 Å². The van der Waals surface area contributed by atoms with Crippen LogP contribution in [0.1, 0.15) is 38.4 Å². The van der Waals surface area contributed by atoms with Crippen molar-refractivity contribution >= 4 is 0 Å². The van der Waals surface area contributed by atoms with Gasteiger partial charge in [0.05, 0.1) is 6.20 Å². The predicted molar refractivity (Wildman–Crippen MR) is 51.3 cm³/mol. The molecule has 12 heavy (non-hydrogen) atoms. The summed E-state index contributed by atoms with van der Waals surface area (Å²) >= 11 is 0. The minimum atomic E-state index is 0.262. The van der Waals surface area contributed by atoms with Gasteiger partial charge in [-0.2, -0.15) is 5.10 Å². The molecular weight excluding hydrogens is 148 g/mol. The van der Waals surface area contributed by atoms with Gasteiger partial charge >= 0.3 is 0 Å². The maximum Gasteiger partial charge on any atom is 0.0529 e. The van der Waals surface area contributed by atoms with Gasteiger partial charge in [-0.15, -0.1) is 0 Å². The maximum atomic E-state index is 4.25. The molecule has 0 amide bonds. The van der Waals surface area contributed by atoms with Crippen LogP contribution in [0.5, 0.6) is 0 Å². The third-order valence-electron chi connectivity index (χ3n) is 2.85. The monoisotopic (exact) mass is 166 g/mol. The van der Waals surface area contributed by atoms with Gasteiger partial charge in [0, 0.05) is 12.7 Å². The van der Waals surface area contributed by atoms with Gasteiger partial charge in [0.2, 0.25) is 0 Å². The van der Waals surface area contributed by atoms with Crippen molar-refractivity contribution in [2.45, 2.75) is 39.5 Å². The lowest BCUT2D eigenvalue weighted by Crippen LogP contribution is -2.16. The van der Waals surface area contributed by atoms with Crippen LogP contribution in [-0.4, -0.2) is 9.78 Å². The van der Waals surface area contributed by atoms with Crippen LogP contribution in [0.15, 0.2) is 6.20 Å². The number of hydrogen-bond donors (Lipinski definition) is 0. The highest BCUT2D eigenvalue weighted by Crippen LogP contribution is 2.28. The second-order valence-corrected chi connectivity index (χ2v) is 4.00. The van der Waals surface area contributed by atoms with Crippen molar-refractivity contribution in [3.05, 3.63) is 17.5 Å². The van der Waals surface area contributed by atoms with Crippen LogP contribution in [0.4, 0.5) is 0 Å². The summed E-state index contributed by atoms with van der Waals surface area (Å²) in [5, 5.41) is 4.25. The molecule has 2 heteroatoms. The Balaban J connectivity index is 3.11. The molecule has 0 aliphatic heterocycles. The molecule has 0 spiro atoms. The van der Waals surface area contributed by atoms with Crippen molar-refractivity contribution in [2.24, 2.45) is 7.05 Å². The van der Waals surface area contributed by atoms with E-state index in [1.54, 1.807) is 0 Å². The normalized spacial score (nSPS) is 12.1. The van der Waals surface area contributed by atoms with Crippen molar-refractivity contribution in [3.63, 3.8) is 0 Å². The molecule has 0 saturated carbocycles. The van der Waals surface area contributed by atoms with E-state index in [1.807, 2.05) is 17.9 Å². The Morgan fingerprint density at radius 1 is 1.50 bits per heavy atom. The number of aryl methyl sites for hydroxylation is 1. The average Bonchev–Trinajstić information content (AvgIpc) is 2.33. The maximum absolute atomic E-state index is 4.25. The lowest BCUT2D eigenvalue weighted by Gasteiger charge is -2.22. The topological polar surface area (TPSA) is 17.8 Å². The number of hydrogen-bond acceptors (Lipinski definition) is 1. The van der Waals surface area contributed by atoms with Crippen molar-refractivity contribution in [1.29, 1.82) is 0 Å². The molecule has 0 radical (unpaired) electrons. The molecule has 2 nitrogen and oxygen atoms in total. The van der Waals surface area contributed by atoms with E-state index in [9.17, 15) is 0 Å². The predicted octanol–water partition coefficient (Wildman–Crippen LogP) is 2.42. The molecule has 1 aromatic heterocycles. The largest absolute Gasteiger partial charge is 0.273 e. The molecule has 0 saturated heterocycles. The Morgan fingerprint density at radius 2 is 2.08 bits per heavy atom. The van der Waals surface area contributed by atoms with Crippen molar-refractivity contribution in [3.8, 4) is 0 Å². The van der Waals surface area contributed by atoms with Gasteiger partial charge in [0.15, 0.2) is 0 Å². The summed E-state index contributed by atoms with van der Waals surface area (Å²) in [6, 6.07) is 0. The Kier molecular flexibility index (Phi) is 2.27. The van der Waals surface area contributed by atoms with Crippen LogP contribution in [0.3, 0.4) is 0 Å². The second kappa shape index (κ2) is 2.92. The van der Waals surface area contributed by atoms with Gasteiger partial charge < -0.3 is 0 Å². The van der Waals surface area contributed by atoms with Crippen molar-refractivity contribution < 1.29 is 0 Å². The van der Waals surface area contributed by atoms with E-state index in [-0.39, 0.29) is 5.41 Å². The number of nitrogens with zero attached hydrogens (tertiary/aromatic N) is 2. The summed E-state index contributed by atoms with van der Waals surface area (Å²) < 4.78 is 1.94. The molecule has 0 aliphatic carbocycles. The highest BCUT2D eigenvalue weighted by atomic mass is 15.3. The molecule has 0 aromatic carbocycles. The molecule has 68 valence electrons. The molecule has 0 fully saturated rings. The van der Waals surface area contributed by atoms with E-state index in [1.165, 1.54) is 11.3 Å². The molecule has 0 unspecified atom stereocenters. The Labute approximate surface area is 74.6 Å². The molecule has 1 heterocycles. The molecule has 0 aliphatic rings. The summed E-state index contributed by atoms with van der Waals surface area (Å²) in [6.07, 6.45) is 3.14. The van der Waals surface area contributed by atoms with Crippen LogP contribution in [-0.2, 0) is 12.5 Å². The zero-order valence-electron chi connectivity index (χ0n) is 8.68. The SMILES string of the molecule is CCC(C)(C)c1cnn(C)c1C. The standard InChI is InChI=1S/C10H18N2/c1-6-10(3,4)9-7-11-12(5)8(9)2/h7H,6H2,1-5H3. The van der Waals surface area contributed by atoms with E-state index >= 15 is 0 Å². The van der Waals surface area contributed by atoms with Gasteiger partial charge in [0.1, 0.15) is 0 Å². The number of aromatic nitrogens is 2. The summed E-state index contributed by atoms with van der Waals surface area (Å²) in [5.74, 6) is 0. The highest BCUT2D eigenvalue weighted by Gasteiger charge is 2.22. The Morgan fingerprint density at radius 3 is 2.42 bits per heavy atom. The van der Waals surface area contributed by atoms with Crippen molar-refractivity contribution in [2.75, 3.05) is 0 Å². The molecule has 1 aromatic rings. The first-order chi connectivity index (χ1) is 5.49. The summed E-state index contributed by atoms with van der Waals surface area (Å²) in [5.41, 5.74) is 2.91. The van der Waals surface area contributed by atoms with E-state index in [2.05, 4.69) is 32.8 Å². The zero-order valence-corrected chi connectivity index (χ0v) is 8.68. The molecule has 0 atom stereocenters.